The molecule has 2 fully saturated rings. The molecule has 1 aliphatic heterocycles. The van der Waals surface area contributed by atoms with Crippen molar-refractivity contribution in [3.8, 4) is 0 Å². The second-order valence-corrected chi connectivity index (χ2v) is 6.65. The van der Waals surface area contributed by atoms with E-state index in [0.717, 1.165) is 32.3 Å². The highest BCUT2D eigenvalue weighted by Crippen LogP contribution is 2.22. The molecule has 2 rings (SSSR count). The predicted octanol–water partition coefficient (Wildman–Crippen LogP) is 2.41. The Morgan fingerprint density at radius 3 is 2.67 bits per heavy atom. The molecule has 106 valence electrons. The molecule has 0 amide bonds. The molecule has 3 nitrogen and oxygen atoms in total. The first-order valence-electron chi connectivity index (χ1n) is 7.67. The van der Waals surface area contributed by atoms with Crippen LogP contribution in [0.3, 0.4) is 0 Å². The zero-order valence-electron chi connectivity index (χ0n) is 12.4. The number of nitrogens with zero attached hydrogens (tertiary/aromatic N) is 1. The van der Waals surface area contributed by atoms with Crippen LogP contribution in [0.2, 0.25) is 0 Å². The van der Waals surface area contributed by atoms with E-state index in [1.165, 1.54) is 32.1 Å². The van der Waals surface area contributed by atoms with Gasteiger partial charge in [-0.05, 0) is 33.6 Å². The normalized spacial score (nSPS) is 28.2. The summed E-state index contributed by atoms with van der Waals surface area (Å²) >= 11 is 0. The van der Waals surface area contributed by atoms with E-state index in [9.17, 15) is 0 Å². The van der Waals surface area contributed by atoms with Crippen molar-refractivity contribution in [2.45, 2.75) is 70.5 Å². The van der Waals surface area contributed by atoms with E-state index >= 15 is 0 Å². The van der Waals surface area contributed by atoms with Crippen LogP contribution >= 0.6 is 0 Å². The van der Waals surface area contributed by atoms with Crippen molar-refractivity contribution in [3.63, 3.8) is 0 Å². The van der Waals surface area contributed by atoms with Crippen molar-refractivity contribution >= 4 is 0 Å². The molecule has 18 heavy (non-hydrogen) atoms. The largest absolute Gasteiger partial charge is 0.378 e. The van der Waals surface area contributed by atoms with Crippen LogP contribution in [0.4, 0.5) is 0 Å². The number of nitrogens with one attached hydrogen (secondary N) is 1. The maximum atomic E-state index is 5.60. The fourth-order valence-corrected chi connectivity index (χ4v) is 3.44. The van der Waals surface area contributed by atoms with Gasteiger partial charge in [0.2, 0.25) is 0 Å². The second-order valence-electron chi connectivity index (χ2n) is 6.65. The Hall–Kier alpha value is -0.120. The average Bonchev–Trinajstić information content (AvgIpc) is 2.37. The first-order chi connectivity index (χ1) is 8.59. The van der Waals surface area contributed by atoms with Gasteiger partial charge in [-0.25, -0.2) is 0 Å². The highest BCUT2D eigenvalue weighted by molar-refractivity contribution is 4.89. The third-order valence-electron chi connectivity index (χ3n) is 4.55. The van der Waals surface area contributed by atoms with Gasteiger partial charge in [-0.1, -0.05) is 19.3 Å². The van der Waals surface area contributed by atoms with Crippen LogP contribution in [0.15, 0.2) is 0 Å². The molecule has 0 spiro atoms. The Bertz CT molecular complexity index is 249. The predicted molar refractivity (Wildman–Crippen MR) is 75.9 cm³/mol. The van der Waals surface area contributed by atoms with Gasteiger partial charge in [-0.15, -0.1) is 0 Å². The van der Waals surface area contributed by atoms with Crippen molar-refractivity contribution in [1.29, 1.82) is 0 Å². The SMILES string of the molecule is CC(CNC1CCCCC1)N1CCOCC1(C)C. The highest BCUT2D eigenvalue weighted by atomic mass is 16.5. The minimum absolute atomic E-state index is 0.186. The van der Waals surface area contributed by atoms with Crippen LogP contribution in [0, 0.1) is 0 Å². The number of hydrogen-bond donors (Lipinski definition) is 1. The van der Waals surface area contributed by atoms with Gasteiger partial charge < -0.3 is 10.1 Å². The second kappa shape index (κ2) is 6.36. The lowest BCUT2D eigenvalue weighted by atomic mass is 9.95. The fourth-order valence-electron chi connectivity index (χ4n) is 3.44. The summed E-state index contributed by atoms with van der Waals surface area (Å²) in [6.45, 7) is 10.9. The third-order valence-corrected chi connectivity index (χ3v) is 4.55. The van der Waals surface area contributed by atoms with Gasteiger partial charge in [0.25, 0.3) is 0 Å². The van der Waals surface area contributed by atoms with Crippen LogP contribution in [-0.2, 0) is 4.74 Å². The van der Waals surface area contributed by atoms with E-state index in [2.05, 4.69) is 31.0 Å². The van der Waals surface area contributed by atoms with E-state index in [1.54, 1.807) is 0 Å². The van der Waals surface area contributed by atoms with Crippen molar-refractivity contribution in [3.05, 3.63) is 0 Å². The summed E-state index contributed by atoms with van der Waals surface area (Å²) in [5.74, 6) is 0. The Morgan fingerprint density at radius 1 is 1.28 bits per heavy atom. The van der Waals surface area contributed by atoms with Crippen molar-refractivity contribution < 1.29 is 4.74 Å². The quantitative estimate of drug-likeness (QED) is 0.834. The van der Waals surface area contributed by atoms with Gasteiger partial charge in [0.05, 0.1) is 13.2 Å². The van der Waals surface area contributed by atoms with Gasteiger partial charge >= 0.3 is 0 Å². The van der Waals surface area contributed by atoms with Gasteiger partial charge in [0.1, 0.15) is 0 Å². The molecule has 1 saturated heterocycles. The van der Waals surface area contributed by atoms with Crippen molar-refractivity contribution in [2.24, 2.45) is 0 Å². The van der Waals surface area contributed by atoms with Crippen LogP contribution in [0.1, 0.15) is 52.9 Å². The molecule has 3 heteroatoms. The zero-order chi connectivity index (χ0) is 13.0. The summed E-state index contributed by atoms with van der Waals surface area (Å²) in [6, 6.07) is 1.37. The summed E-state index contributed by atoms with van der Waals surface area (Å²) in [6.07, 6.45) is 7.01. The molecule has 0 bridgehead atoms. The zero-order valence-corrected chi connectivity index (χ0v) is 12.4. The van der Waals surface area contributed by atoms with E-state index in [-0.39, 0.29) is 5.54 Å². The first kappa shape index (κ1) is 14.3. The van der Waals surface area contributed by atoms with E-state index < -0.39 is 0 Å². The van der Waals surface area contributed by atoms with E-state index in [0.29, 0.717) is 6.04 Å². The summed E-state index contributed by atoms with van der Waals surface area (Å²) in [5, 5.41) is 3.77. The van der Waals surface area contributed by atoms with Gasteiger partial charge in [0, 0.05) is 30.7 Å². The molecule has 0 aromatic rings. The third kappa shape index (κ3) is 3.69. The fraction of sp³-hybridized carbons (Fsp3) is 1.00. The van der Waals surface area contributed by atoms with Gasteiger partial charge in [0.15, 0.2) is 0 Å². The summed E-state index contributed by atoms with van der Waals surface area (Å²) in [7, 11) is 0. The van der Waals surface area contributed by atoms with Gasteiger partial charge in [-0.2, -0.15) is 0 Å². The molecule has 1 unspecified atom stereocenters. The molecule has 1 N–H and O–H groups in total. The topological polar surface area (TPSA) is 24.5 Å². The summed E-state index contributed by atoms with van der Waals surface area (Å²) < 4.78 is 5.60. The number of morpholine rings is 1. The van der Waals surface area contributed by atoms with E-state index in [4.69, 9.17) is 4.74 Å². The average molecular weight is 254 g/mol. The lowest BCUT2D eigenvalue weighted by Crippen LogP contribution is -2.58. The lowest BCUT2D eigenvalue weighted by Gasteiger charge is -2.46. The minimum Gasteiger partial charge on any atom is -0.378 e. The highest BCUT2D eigenvalue weighted by Gasteiger charge is 2.33. The van der Waals surface area contributed by atoms with Crippen LogP contribution < -0.4 is 5.32 Å². The molecule has 0 aromatic carbocycles. The van der Waals surface area contributed by atoms with Crippen LogP contribution in [-0.4, -0.2) is 48.8 Å². The molecular formula is C15H30N2O. The summed E-state index contributed by atoms with van der Waals surface area (Å²) in [5.41, 5.74) is 0.186. The molecule has 0 aromatic heterocycles. The molecule has 1 aliphatic carbocycles. The Morgan fingerprint density at radius 2 is 2.00 bits per heavy atom. The minimum atomic E-state index is 0.186. The van der Waals surface area contributed by atoms with Crippen LogP contribution in [0.5, 0.6) is 0 Å². The molecule has 1 atom stereocenters. The lowest BCUT2D eigenvalue weighted by molar-refractivity contribution is -0.0686. The Balaban J connectivity index is 1.77. The molecule has 0 radical (unpaired) electrons. The standard InChI is InChI=1S/C15H30N2O/c1-13(11-16-14-7-5-4-6-8-14)17-9-10-18-12-15(17,2)3/h13-14,16H,4-12H2,1-3H3. The summed E-state index contributed by atoms with van der Waals surface area (Å²) in [4.78, 5) is 2.60. The Kier molecular flexibility index (Phi) is 5.05. The molecule has 1 heterocycles. The van der Waals surface area contributed by atoms with Crippen molar-refractivity contribution in [2.75, 3.05) is 26.3 Å². The smallest absolute Gasteiger partial charge is 0.0645 e. The maximum Gasteiger partial charge on any atom is 0.0645 e. The number of hydrogen-bond acceptors (Lipinski definition) is 3. The Labute approximate surface area is 112 Å². The van der Waals surface area contributed by atoms with Crippen LogP contribution in [0.25, 0.3) is 0 Å². The monoisotopic (exact) mass is 254 g/mol. The van der Waals surface area contributed by atoms with Crippen molar-refractivity contribution in [1.82, 2.24) is 10.2 Å². The number of ether oxygens (including phenoxy) is 1. The van der Waals surface area contributed by atoms with Gasteiger partial charge in [-0.3, -0.25) is 4.90 Å². The first-order valence-corrected chi connectivity index (χ1v) is 7.67. The molecular weight excluding hydrogens is 224 g/mol. The number of rotatable bonds is 4. The maximum absolute atomic E-state index is 5.60. The molecule has 2 aliphatic rings. The van der Waals surface area contributed by atoms with E-state index in [1.807, 2.05) is 0 Å². The molecule has 1 saturated carbocycles.